The second kappa shape index (κ2) is 4.90. The summed E-state index contributed by atoms with van der Waals surface area (Å²) in [6, 6.07) is 4.43. The molecule has 0 amide bonds. The van der Waals surface area contributed by atoms with E-state index in [0.29, 0.717) is 10.6 Å². The van der Waals surface area contributed by atoms with Crippen molar-refractivity contribution in [3.05, 3.63) is 38.9 Å². The fraction of sp³-hybridized carbons (Fsp3) is 0.125. The van der Waals surface area contributed by atoms with Crippen LogP contribution in [0.4, 0.5) is 5.69 Å². The smallest absolute Gasteiger partial charge is 0.275 e. The van der Waals surface area contributed by atoms with Crippen LogP contribution in [0.2, 0.25) is 5.02 Å². The molecular formula is C8H8ClN3O2S. The molecule has 0 aliphatic rings. The van der Waals surface area contributed by atoms with Gasteiger partial charge in [0, 0.05) is 23.2 Å². The molecule has 0 fully saturated rings. The van der Waals surface area contributed by atoms with Crippen molar-refractivity contribution in [2.24, 2.45) is 5.73 Å². The third-order valence-corrected chi connectivity index (χ3v) is 2.08. The molecule has 5 nitrogen and oxygen atoms in total. The maximum Gasteiger partial charge on any atom is 0.275 e. The Morgan fingerprint density at radius 1 is 1.67 bits per heavy atom. The average molecular weight is 246 g/mol. The summed E-state index contributed by atoms with van der Waals surface area (Å²) in [6.07, 6.45) is 0. The van der Waals surface area contributed by atoms with Gasteiger partial charge in [-0.25, -0.2) is 0 Å². The van der Waals surface area contributed by atoms with Crippen LogP contribution in [0.25, 0.3) is 0 Å². The second-order valence-corrected chi connectivity index (χ2v) is 3.62. The molecule has 0 aliphatic carbocycles. The first-order valence-electron chi connectivity index (χ1n) is 3.97. The van der Waals surface area contributed by atoms with Crippen molar-refractivity contribution in [1.82, 2.24) is 5.32 Å². The van der Waals surface area contributed by atoms with Crippen molar-refractivity contribution < 1.29 is 4.92 Å². The Bertz CT molecular complexity index is 411. The zero-order valence-corrected chi connectivity index (χ0v) is 9.14. The van der Waals surface area contributed by atoms with Gasteiger partial charge in [-0.2, -0.15) is 0 Å². The SMILES string of the molecule is NC(=S)NCc1ccc(Cl)cc1[N+](=O)[O-]. The highest BCUT2D eigenvalue weighted by molar-refractivity contribution is 7.80. The minimum absolute atomic E-state index is 0.0498. The highest BCUT2D eigenvalue weighted by Gasteiger charge is 2.13. The second-order valence-electron chi connectivity index (χ2n) is 2.75. The number of nitro benzene ring substituents is 1. The lowest BCUT2D eigenvalue weighted by Gasteiger charge is -2.04. The number of nitro groups is 1. The Morgan fingerprint density at radius 3 is 2.87 bits per heavy atom. The van der Waals surface area contributed by atoms with Gasteiger partial charge in [0.25, 0.3) is 5.69 Å². The predicted molar refractivity (Wildman–Crippen MR) is 61.7 cm³/mol. The van der Waals surface area contributed by atoms with Crippen LogP contribution >= 0.6 is 23.8 Å². The molecule has 1 aromatic carbocycles. The number of nitrogens with two attached hydrogens (primary N) is 1. The number of benzene rings is 1. The highest BCUT2D eigenvalue weighted by atomic mass is 35.5. The number of rotatable bonds is 3. The van der Waals surface area contributed by atoms with E-state index >= 15 is 0 Å². The summed E-state index contributed by atoms with van der Waals surface area (Å²) in [5.41, 5.74) is 5.65. The van der Waals surface area contributed by atoms with Crippen LogP contribution in [0.3, 0.4) is 0 Å². The number of hydrogen-bond donors (Lipinski definition) is 2. The van der Waals surface area contributed by atoms with Gasteiger partial charge in [0.05, 0.1) is 4.92 Å². The van der Waals surface area contributed by atoms with Gasteiger partial charge < -0.3 is 11.1 Å². The summed E-state index contributed by atoms with van der Waals surface area (Å²) in [4.78, 5) is 10.2. The van der Waals surface area contributed by atoms with Gasteiger partial charge in [-0.3, -0.25) is 10.1 Å². The van der Waals surface area contributed by atoms with E-state index in [1.54, 1.807) is 12.1 Å². The van der Waals surface area contributed by atoms with Crippen LogP contribution < -0.4 is 11.1 Å². The molecule has 1 rings (SSSR count). The van der Waals surface area contributed by atoms with Crippen LogP contribution in [0.15, 0.2) is 18.2 Å². The van der Waals surface area contributed by atoms with Gasteiger partial charge >= 0.3 is 0 Å². The average Bonchev–Trinajstić information content (AvgIpc) is 2.15. The van der Waals surface area contributed by atoms with E-state index in [4.69, 9.17) is 17.3 Å². The van der Waals surface area contributed by atoms with Gasteiger partial charge in [-0.1, -0.05) is 11.6 Å². The normalized spacial score (nSPS) is 9.67. The van der Waals surface area contributed by atoms with Crippen LogP contribution in [0, 0.1) is 10.1 Å². The van der Waals surface area contributed by atoms with Gasteiger partial charge in [-0.15, -0.1) is 0 Å². The van der Waals surface area contributed by atoms with E-state index in [9.17, 15) is 10.1 Å². The molecule has 7 heteroatoms. The van der Waals surface area contributed by atoms with Gasteiger partial charge in [0.15, 0.2) is 5.11 Å². The standard InChI is InChI=1S/C8H8ClN3O2S/c9-6-2-1-5(4-11-8(10)15)7(3-6)12(13)14/h1-3H,4H2,(H3,10,11,15). The van der Waals surface area contributed by atoms with Gasteiger partial charge in [0.2, 0.25) is 0 Å². The van der Waals surface area contributed by atoms with Crippen molar-refractivity contribution in [1.29, 1.82) is 0 Å². The molecule has 0 bridgehead atoms. The monoisotopic (exact) mass is 245 g/mol. The van der Waals surface area contributed by atoms with E-state index in [-0.39, 0.29) is 17.3 Å². The lowest BCUT2D eigenvalue weighted by atomic mass is 10.2. The van der Waals surface area contributed by atoms with Crippen LogP contribution in [-0.4, -0.2) is 10.0 Å². The fourth-order valence-electron chi connectivity index (χ4n) is 1.04. The van der Waals surface area contributed by atoms with Gasteiger partial charge in [0.1, 0.15) is 0 Å². The molecule has 0 aliphatic heterocycles. The van der Waals surface area contributed by atoms with E-state index in [1.807, 2.05) is 0 Å². The predicted octanol–water partition coefficient (Wildman–Crippen LogP) is 1.58. The van der Waals surface area contributed by atoms with Crippen LogP contribution in [-0.2, 0) is 6.54 Å². The lowest BCUT2D eigenvalue weighted by molar-refractivity contribution is -0.385. The maximum absolute atomic E-state index is 10.7. The Kier molecular flexibility index (Phi) is 3.81. The van der Waals surface area contributed by atoms with Crippen molar-refractivity contribution in [2.75, 3.05) is 0 Å². The fourth-order valence-corrected chi connectivity index (χ4v) is 1.28. The number of hydrogen-bond acceptors (Lipinski definition) is 3. The minimum atomic E-state index is -0.498. The summed E-state index contributed by atoms with van der Waals surface area (Å²) in [6.45, 7) is 0.211. The molecule has 0 atom stereocenters. The number of nitrogens with one attached hydrogen (secondary N) is 1. The van der Waals surface area contributed by atoms with Crippen LogP contribution in [0.1, 0.15) is 5.56 Å². The molecule has 0 spiro atoms. The summed E-state index contributed by atoms with van der Waals surface area (Å²) in [5, 5.41) is 13.7. The molecule has 1 aromatic rings. The molecule has 15 heavy (non-hydrogen) atoms. The zero-order chi connectivity index (χ0) is 11.4. The maximum atomic E-state index is 10.7. The first-order valence-corrected chi connectivity index (χ1v) is 4.75. The summed E-state index contributed by atoms with van der Waals surface area (Å²) < 4.78 is 0. The topological polar surface area (TPSA) is 81.2 Å². The zero-order valence-electron chi connectivity index (χ0n) is 7.57. The molecular weight excluding hydrogens is 238 g/mol. The molecule has 3 N–H and O–H groups in total. The highest BCUT2D eigenvalue weighted by Crippen LogP contribution is 2.22. The molecule has 0 heterocycles. The van der Waals surface area contributed by atoms with Gasteiger partial charge in [-0.05, 0) is 24.4 Å². The van der Waals surface area contributed by atoms with E-state index < -0.39 is 4.92 Å². The largest absolute Gasteiger partial charge is 0.376 e. The molecule has 0 saturated heterocycles. The Morgan fingerprint density at radius 2 is 2.33 bits per heavy atom. The lowest BCUT2D eigenvalue weighted by Crippen LogP contribution is -2.28. The molecule has 0 radical (unpaired) electrons. The van der Waals surface area contributed by atoms with E-state index in [2.05, 4.69) is 17.5 Å². The molecule has 0 saturated carbocycles. The summed E-state index contributed by atoms with van der Waals surface area (Å²) in [7, 11) is 0. The van der Waals surface area contributed by atoms with E-state index in [0.717, 1.165) is 0 Å². The Hall–Kier alpha value is -1.40. The minimum Gasteiger partial charge on any atom is -0.376 e. The van der Waals surface area contributed by atoms with Crippen LogP contribution in [0.5, 0.6) is 0 Å². The summed E-state index contributed by atoms with van der Waals surface area (Å²) >= 11 is 10.2. The molecule has 80 valence electrons. The number of halogens is 1. The first kappa shape index (κ1) is 11.7. The first-order chi connectivity index (χ1) is 7.00. The number of thiocarbonyl (C=S) groups is 1. The van der Waals surface area contributed by atoms with Crippen molar-refractivity contribution in [2.45, 2.75) is 6.54 Å². The number of nitrogens with zero attached hydrogens (tertiary/aromatic N) is 1. The Balaban J connectivity index is 2.95. The molecule has 0 aromatic heterocycles. The third kappa shape index (κ3) is 3.34. The van der Waals surface area contributed by atoms with Crippen molar-refractivity contribution in [3.63, 3.8) is 0 Å². The third-order valence-electron chi connectivity index (χ3n) is 1.70. The summed E-state index contributed by atoms with van der Waals surface area (Å²) in [5.74, 6) is 0. The van der Waals surface area contributed by atoms with Crippen molar-refractivity contribution in [3.8, 4) is 0 Å². The molecule has 0 unspecified atom stereocenters. The Labute approximate surface area is 96.4 Å². The van der Waals surface area contributed by atoms with E-state index in [1.165, 1.54) is 6.07 Å². The quantitative estimate of drug-likeness (QED) is 0.480. The van der Waals surface area contributed by atoms with Crippen molar-refractivity contribution >= 4 is 34.6 Å².